The van der Waals surface area contributed by atoms with Crippen molar-refractivity contribution in [2.24, 2.45) is 37.1 Å². The number of urea groups is 1. The smallest absolute Gasteiger partial charge is 0.411 e. The molecule has 0 spiro atoms. The number of benzene rings is 4. The highest BCUT2D eigenvalue weighted by Crippen LogP contribution is 2.33. The summed E-state index contributed by atoms with van der Waals surface area (Å²) in [4.78, 5) is 124. The first-order valence-corrected chi connectivity index (χ1v) is 30.6. The first-order valence-electron chi connectivity index (χ1n) is 29.6. The summed E-state index contributed by atoms with van der Waals surface area (Å²) in [6.45, 7) is 18.0. The Hall–Kier alpha value is -8.72. The molecule has 0 unspecified atom stereocenters. The third kappa shape index (κ3) is 19.4. The Morgan fingerprint density at radius 1 is 0.767 bits per heavy atom. The molecule has 24 nitrogen and oxygen atoms in total. The lowest BCUT2D eigenvalue weighted by Crippen LogP contribution is -2.61. The molecule has 0 aliphatic carbocycles. The van der Waals surface area contributed by atoms with Gasteiger partial charge in [-0.05, 0) is 91.1 Å². The van der Waals surface area contributed by atoms with Gasteiger partial charge in [0, 0.05) is 59.9 Å². The van der Waals surface area contributed by atoms with Crippen LogP contribution in [-0.4, -0.2) is 126 Å². The predicted octanol–water partition coefficient (Wildman–Crippen LogP) is 7.19. The minimum Gasteiger partial charge on any atom is -0.478 e. The van der Waals surface area contributed by atoms with E-state index in [4.69, 9.17) is 16.3 Å². The molecule has 484 valence electrons. The number of amides is 9. The number of carbonyl (C=O) groups is 9. The number of likely N-dealkylation sites (N-methyl/N-ethyl adjacent to an activating group) is 2. The van der Waals surface area contributed by atoms with E-state index in [0.717, 1.165) is 5.56 Å². The zero-order chi connectivity index (χ0) is 66.8. The van der Waals surface area contributed by atoms with Crippen LogP contribution in [0, 0.1) is 17.3 Å². The number of hydrogen-bond donors (Lipinski definition) is 10. The fraction of sp³-hybridized carbons (Fsp3) is 0.431. The number of fused-ring (bicyclic) bond motifs is 2. The maximum atomic E-state index is 14.3. The van der Waals surface area contributed by atoms with Crippen LogP contribution in [0.15, 0.2) is 117 Å². The number of nitrogens with zero attached hydrogens (tertiary/aromatic N) is 4. The molecule has 12 N–H and O–H groups in total. The van der Waals surface area contributed by atoms with Crippen molar-refractivity contribution in [2.45, 2.75) is 144 Å². The average Bonchev–Trinajstić information content (AvgIpc) is 0.794. The quantitative estimate of drug-likeness (QED) is 0.00980. The summed E-state index contributed by atoms with van der Waals surface area (Å²) >= 11 is 1.87. The van der Waals surface area contributed by atoms with Crippen LogP contribution in [-0.2, 0) is 56.9 Å². The van der Waals surface area contributed by atoms with Crippen molar-refractivity contribution in [2.75, 3.05) is 36.2 Å². The number of carboxylic acids is 1. The molecule has 5 atom stereocenters. The monoisotopic (exact) mass is 1350 g/mol. The van der Waals surface area contributed by atoms with Crippen LogP contribution < -0.4 is 53.7 Å². The van der Waals surface area contributed by atoms with Crippen molar-refractivity contribution in [3.63, 3.8) is 0 Å². The average molecular weight is 1350 g/mol. The molecule has 1 heterocycles. The molecule has 90 heavy (non-hydrogen) atoms. The SMILES string of the molecule is CN[C@H](C(=O)N[C@H](C(=O)N(C)[C@H](/C=C(\C)C(=O)O)C(C)C)C(C)(C)C)C(C)(C)c1cccc(NC(=O)OCc2ccc(NC(=O)[C@H](CCCNC(N)=O)NC(=O)[C@@H](NC(=O)CCC(=O)N3Cc4ccccc4C(=NN)C(=NI)c4ccccc43)C(C)C)cc2)c1. The van der Waals surface area contributed by atoms with Crippen molar-refractivity contribution in [1.29, 1.82) is 0 Å². The lowest BCUT2D eigenvalue weighted by molar-refractivity contribution is -0.141. The van der Waals surface area contributed by atoms with Crippen molar-refractivity contribution in [3.05, 3.63) is 137 Å². The lowest BCUT2D eigenvalue weighted by Gasteiger charge is -2.40. The Morgan fingerprint density at radius 2 is 1.42 bits per heavy atom. The van der Waals surface area contributed by atoms with Crippen LogP contribution in [0.3, 0.4) is 0 Å². The van der Waals surface area contributed by atoms with Gasteiger partial charge in [-0.25, -0.2) is 17.6 Å². The van der Waals surface area contributed by atoms with Gasteiger partial charge in [0.15, 0.2) is 0 Å². The number of rotatable bonds is 26. The summed E-state index contributed by atoms with van der Waals surface area (Å²) < 4.78 is 10.0. The zero-order valence-electron chi connectivity index (χ0n) is 53.2. The number of ether oxygens (including phenoxy) is 1. The van der Waals surface area contributed by atoms with Crippen LogP contribution in [0.25, 0.3) is 0 Å². The van der Waals surface area contributed by atoms with E-state index in [0.29, 0.717) is 50.7 Å². The number of para-hydroxylation sites is 1. The van der Waals surface area contributed by atoms with Crippen LogP contribution in [0.1, 0.15) is 123 Å². The standard InChI is InChI=1S/C65H86IN13O11/c1-37(2)49(33-39(5)61(86)87)78(12)60(85)56(64(6,7)8)75-59(84)55(69-11)65(9,10)42-20-17-21-44(34-42)72-63(89)90-36-40-26-28-43(29-27-40)71-57(82)47(24-18-32-70-62(67)88)73-58(83)52(38(3)4)74-50(80)30-31-51(81)79-35-41-19-13-14-22-45(41)54(77-68)53(76-66)46-23-15-16-25-48(46)79/h13-17,19-23,25-29,33-34,37-38,47,49,52,55-56,69H,18,24,30-32,35-36,68H2,1-12H3,(H,71,82)(H,72,89)(H,73,83)(H,74,80)(H,75,84)(H,86,87)(H3,67,70,88)/b39-33+,76-53?,77-54?/t47-,49+,52-,55+,56+/m0/s1. The first kappa shape index (κ1) is 72.0. The largest absolute Gasteiger partial charge is 0.478 e. The zero-order valence-corrected chi connectivity index (χ0v) is 55.3. The van der Waals surface area contributed by atoms with Gasteiger partial charge in [-0.1, -0.05) is 135 Å². The Morgan fingerprint density at radius 3 is 2.02 bits per heavy atom. The molecule has 0 saturated heterocycles. The summed E-state index contributed by atoms with van der Waals surface area (Å²) in [6, 6.07) is 22.6. The van der Waals surface area contributed by atoms with E-state index < -0.39 is 88.7 Å². The molecule has 0 aromatic heterocycles. The van der Waals surface area contributed by atoms with Gasteiger partial charge in [-0.2, -0.15) is 5.10 Å². The third-order valence-electron chi connectivity index (χ3n) is 15.6. The highest BCUT2D eigenvalue weighted by atomic mass is 127. The van der Waals surface area contributed by atoms with Crippen molar-refractivity contribution < 1.29 is 53.0 Å². The van der Waals surface area contributed by atoms with E-state index in [-0.39, 0.29) is 68.7 Å². The summed E-state index contributed by atoms with van der Waals surface area (Å²) in [7, 11) is 3.24. The lowest BCUT2D eigenvalue weighted by atomic mass is 9.76. The molecular formula is C65H86IN13O11. The van der Waals surface area contributed by atoms with E-state index in [1.807, 2.05) is 114 Å². The molecule has 9 amide bonds. The molecule has 1 aliphatic rings. The molecule has 0 fully saturated rings. The van der Waals surface area contributed by atoms with Gasteiger partial charge in [-0.3, -0.25) is 34.1 Å². The molecule has 0 saturated carbocycles. The number of halogens is 1. The maximum Gasteiger partial charge on any atom is 0.411 e. The van der Waals surface area contributed by atoms with E-state index in [1.165, 1.54) is 11.8 Å². The number of hydrogen-bond acceptors (Lipinski definition) is 14. The second-order valence-electron chi connectivity index (χ2n) is 24.4. The van der Waals surface area contributed by atoms with E-state index >= 15 is 0 Å². The van der Waals surface area contributed by atoms with E-state index in [2.05, 4.69) is 45.5 Å². The molecule has 25 heteroatoms. The fourth-order valence-electron chi connectivity index (χ4n) is 10.4. The van der Waals surface area contributed by atoms with Gasteiger partial charge in [0.05, 0.1) is 47.2 Å². The number of carbonyl (C=O) groups excluding carboxylic acids is 8. The van der Waals surface area contributed by atoms with Gasteiger partial charge >= 0.3 is 18.1 Å². The molecule has 5 rings (SSSR count). The molecule has 4 aromatic carbocycles. The van der Waals surface area contributed by atoms with Gasteiger partial charge in [0.2, 0.25) is 35.4 Å². The Bertz CT molecular complexity index is 3360. The maximum absolute atomic E-state index is 14.3. The van der Waals surface area contributed by atoms with Crippen LogP contribution >= 0.6 is 22.9 Å². The van der Waals surface area contributed by atoms with Gasteiger partial charge in [-0.15, -0.1) is 0 Å². The number of aliphatic carboxylic acids is 1. The van der Waals surface area contributed by atoms with Gasteiger partial charge in [0.25, 0.3) is 0 Å². The number of carboxylic acid groups (broad SMARTS) is 1. The summed E-state index contributed by atoms with van der Waals surface area (Å²) in [5, 5.41) is 33.3. The van der Waals surface area contributed by atoms with Gasteiger partial charge in [0.1, 0.15) is 36.2 Å². The predicted molar refractivity (Wildman–Crippen MR) is 355 cm³/mol. The summed E-state index contributed by atoms with van der Waals surface area (Å²) in [5.41, 5.74) is 9.28. The van der Waals surface area contributed by atoms with Crippen molar-refractivity contribution in [1.82, 2.24) is 31.5 Å². The van der Waals surface area contributed by atoms with Crippen LogP contribution in [0.2, 0.25) is 0 Å². The van der Waals surface area contributed by atoms with Crippen LogP contribution in [0.4, 0.5) is 26.7 Å². The molecule has 1 aliphatic heterocycles. The molecule has 4 aromatic rings. The summed E-state index contributed by atoms with van der Waals surface area (Å²) in [5.74, 6) is 1.22. The second-order valence-corrected chi connectivity index (χ2v) is 24.9. The third-order valence-corrected chi connectivity index (χ3v) is 16.1. The number of nitrogens with two attached hydrogens (primary N) is 2. The minimum absolute atomic E-state index is 0.0656. The second kappa shape index (κ2) is 32.7. The normalized spacial score (nSPS) is 15.1. The highest BCUT2D eigenvalue weighted by molar-refractivity contribution is 14.1. The Kier molecular flexibility index (Phi) is 26.1. The highest BCUT2D eigenvalue weighted by Gasteiger charge is 2.42. The van der Waals surface area contributed by atoms with Gasteiger partial charge < -0.3 is 63.1 Å². The van der Waals surface area contributed by atoms with E-state index in [9.17, 15) is 48.3 Å². The summed E-state index contributed by atoms with van der Waals surface area (Å²) in [6.07, 6.45) is 0.606. The van der Waals surface area contributed by atoms with Crippen LogP contribution in [0.5, 0.6) is 0 Å². The molecule has 0 bridgehead atoms. The Labute approximate surface area is 540 Å². The van der Waals surface area contributed by atoms with Crippen molar-refractivity contribution in [3.8, 4) is 0 Å². The number of anilines is 3. The molecule has 0 radical (unpaired) electrons. The minimum atomic E-state index is -1.15. The first-order chi connectivity index (χ1) is 42.4. The molecular weight excluding hydrogens is 1270 g/mol. The van der Waals surface area contributed by atoms with Crippen molar-refractivity contribution >= 4 is 105 Å². The number of hydrazone groups is 1. The Balaban J connectivity index is 1.20. The topological polar surface area (TPSA) is 351 Å². The number of primary amides is 1. The number of nitrogens with one attached hydrogen (secondary N) is 7. The fourth-order valence-corrected chi connectivity index (χ4v) is 10.9. The van der Waals surface area contributed by atoms with E-state index in [1.54, 1.807) is 93.5 Å².